The van der Waals surface area contributed by atoms with Crippen LogP contribution in [-0.4, -0.2) is 47.8 Å². The highest BCUT2D eigenvalue weighted by molar-refractivity contribution is 5.79. The van der Waals surface area contributed by atoms with E-state index in [9.17, 15) is 9.90 Å². The van der Waals surface area contributed by atoms with Gasteiger partial charge in [-0.1, -0.05) is 27.7 Å². The minimum Gasteiger partial charge on any atom is -0.480 e. The summed E-state index contributed by atoms with van der Waals surface area (Å²) in [6, 6.07) is 0. The summed E-state index contributed by atoms with van der Waals surface area (Å²) >= 11 is 0. The Hall–Kier alpha value is -0.610. The summed E-state index contributed by atoms with van der Waals surface area (Å²) in [5.41, 5.74) is -0.716. The normalized spacial score (nSPS) is 18.6. The molecule has 0 aromatic heterocycles. The zero-order chi connectivity index (χ0) is 13.8. The SMILES string of the molecule is CC(C)CC(CC(C)C)(C(=O)O)N1CCOCC1. The van der Waals surface area contributed by atoms with E-state index in [2.05, 4.69) is 32.6 Å². The van der Waals surface area contributed by atoms with Gasteiger partial charge in [0, 0.05) is 13.1 Å². The van der Waals surface area contributed by atoms with E-state index in [4.69, 9.17) is 4.74 Å². The number of carbonyl (C=O) groups is 1. The topological polar surface area (TPSA) is 49.8 Å². The van der Waals surface area contributed by atoms with Gasteiger partial charge < -0.3 is 9.84 Å². The molecule has 4 heteroatoms. The van der Waals surface area contributed by atoms with Crippen molar-refractivity contribution in [3.8, 4) is 0 Å². The summed E-state index contributed by atoms with van der Waals surface area (Å²) in [7, 11) is 0. The number of hydrogen-bond acceptors (Lipinski definition) is 3. The minimum atomic E-state index is -0.716. The molecule has 1 heterocycles. The van der Waals surface area contributed by atoms with Gasteiger partial charge in [-0.15, -0.1) is 0 Å². The molecule has 1 aliphatic heterocycles. The molecule has 0 saturated carbocycles. The van der Waals surface area contributed by atoms with Crippen molar-refractivity contribution in [3.63, 3.8) is 0 Å². The molecule has 4 nitrogen and oxygen atoms in total. The summed E-state index contributed by atoms with van der Waals surface area (Å²) in [5, 5.41) is 9.79. The van der Waals surface area contributed by atoms with Gasteiger partial charge in [0.05, 0.1) is 13.2 Å². The predicted octanol–water partition coefficient (Wildman–Crippen LogP) is 2.23. The third kappa shape index (κ3) is 3.69. The van der Waals surface area contributed by atoms with Crippen molar-refractivity contribution in [2.24, 2.45) is 11.8 Å². The highest BCUT2D eigenvalue weighted by Gasteiger charge is 2.45. The first-order valence-corrected chi connectivity index (χ1v) is 6.94. The molecule has 0 unspecified atom stereocenters. The molecule has 0 aliphatic carbocycles. The van der Waals surface area contributed by atoms with Gasteiger partial charge in [0.1, 0.15) is 5.54 Å². The van der Waals surface area contributed by atoms with E-state index in [1.54, 1.807) is 0 Å². The van der Waals surface area contributed by atoms with Crippen LogP contribution in [0.4, 0.5) is 0 Å². The fourth-order valence-electron chi connectivity index (χ4n) is 2.99. The Labute approximate surface area is 110 Å². The van der Waals surface area contributed by atoms with Crippen molar-refractivity contribution < 1.29 is 14.6 Å². The van der Waals surface area contributed by atoms with Gasteiger partial charge >= 0.3 is 5.97 Å². The molecule has 18 heavy (non-hydrogen) atoms. The van der Waals surface area contributed by atoms with Crippen LogP contribution >= 0.6 is 0 Å². The van der Waals surface area contributed by atoms with Crippen molar-refractivity contribution in [1.82, 2.24) is 4.90 Å². The molecular weight excluding hydrogens is 230 g/mol. The Morgan fingerprint density at radius 1 is 1.17 bits per heavy atom. The Morgan fingerprint density at radius 3 is 1.94 bits per heavy atom. The standard InChI is InChI=1S/C14H27NO3/c1-11(2)9-14(13(16)17,10-12(3)4)15-5-7-18-8-6-15/h11-12H,5-10H2,1-4H3,(H,16,17). The monoisotopic (exact) mass is 257 g/mol. The van der Waals surface area contributed by atoms with Crippen LogP contribution < -0.4 is 0 Å². The highest BCUT2D eigenvalue weighted by Crippen LogP contribution is 2.32. The molecule has 0 amide bonds. The van der Waals surface area contributed by atoms with Crippen molar-refractivity contribution >= 4 is 5.97 Å². The third-order valence-corrected chi connectivity index (χ3v) is 3.51. The Bertz CT molecular complexity index is 260. The molecule has 0 bridgehead atoms. The summed E-state index contributed by atoms with van der Waals surface area (Å²) in [5.74, 6) is 0.0807. The Balaban J connectivity index is 2.97. The largest absolute Gasteiger partial charge is 0.480 e. The second-order valence-electron chi connectivity index (χ2n) is 6.13. The van der Waals surface area contributed by atoms with E-state index >= 15 is 0 Å². The predicted molar refractivity (Wildman–Crippen MR) is 71.7 cm³/mol. The van der Waals surface area contributed by atoms with Crippen LogP contribution in [0.2, 0.25) is 0 Å². The van der Waals surface area contributed by atoms with E-state index < -0.39 is 11.5 Å². The summed E-state index contributed by atoms with van der Waals surface area (Å²) < 4.78 is 5.35. The van der Waals surface area contributed by atoms with Crippen LogP contribution in [-0.2, 0) is 9.53 Å². The first kappa shape index (κ1) is 15.4. The molecule has 0 radical (unpaired) electrons. The smallest absolute Gasteiger partial charge is 0.324 e. The molecule has 1 fully saturated rings. The number of morpholine rings is 1. The van der Waals surface area contributed by atoms with Crippen LogP contribution in [0.25, 0.3) is 0 Å². The quantitative estimate of drug-likeness (QED) is 0.793. The number of rotatable bonds is 6. The molecule has 0 aromatic carbocycles. The van der Waals surface area contributed by atoms with Gasteiger partial charge in [-0.25, -0.2) is 0 Å². The lowest BCUT2D eigenvalue weighted by atomic mass is 9.80. The molecule has 1 rings (SSSR count). The average molecular weight is 257 g/mol. The van der Waals surface area contributed by atoms with Crippen molar-refractivity contribution in [3.05, 3.63) is 0 Å². The number of aliphatic carboxylic acids is 1. The number of hydrogen-bond donors (Lipinski definition) is 1. The first-order valence-electron chi connectivity index (χ1n) is 6.94. The van der Waals surface area contributed by atoms with Gasteiger partial charge in [-0.05, 0) is 24.7 Å². The average Bonchev–Trinajstić information content (AvgIpc) is 2.27. The number of carboxylic acids is 1. The van der Waals surface area contributed by atoms with Gasteiger partial charge in [0.15, 0.2) is 0 Å². The summed E-state index contributed by atoms with van der Waals surface area (Å²) in [6.07, 6.45) is 1.42. The molecule has 1 saturated heterocycles. The Kier molecular flexibility index (Phi) is 5.60. The van der Waals surface area contributed by atoms with Gasteiger partial charge in [0.2, 0.25) is 0 Å². The van der Waals surface area contributed by atoms with Crippen molar-refractivity contribution in [1.29, 1.82) is 0 Å². The molecule has 0 atom stereocenters. The van der Waals surface area contributed by atoms with Crippen LogP contribution in [0.15, 0.2) is 0 Å². The summed E-state index contributed by atoms with van der Waals surface area (Å²) in [6.45, 7) is 11.1. The van der Waals surface area contributed by atoms with E-state index in [0.29, 0.717) is 37.9 Å². The lowest BCUT2D eigenvalue weighted by Gasteiger charge is -2.44. The molecule has 0 aromatic rings. The zero-order valence-corrected chi connectivity index (χ0v) is 12.1. The molecule has 106 valence electrons. The molecular formula is C14H27NO3. The van der Waals surface area contributed by atoms with E-state index in [0.717, 1.165) is 13.1 Å². The van der Waals surface area contributed by atoms with Crippen LogP contribution in [0, 0.1) is 11.8 Å². The maximum Gasteiger partial charge on any atom is 0.324 e. The van der Waals surface area contributed by atoms with Crippen molar-refractivity contribution in [2.75, 3.05) is 26.3 Å². The Morgan fingerprint density at radius 2 is 1.61 bits per heavy atom. The van der Waals surface area contributed by atoms with Crippen LogP contribution in [0.1, 0.15) is 40.5 Å². The lowest BCUT2D eigenvalue weighted by molar-refractivity contribution is -0.158. The van der Waals surface area contributed by atoms with E-state index in [1.165, 1.54) is 0 Å². The summed E-state index contributed by atoms with van der Waals surface area (Å²) in [4.78, 5) is 14.0. The van der Waals surface area contributed by atoms with Crippen LogP contribution in [0.3, 0.4) is 0 Å². The maximum atomic E-state index is 11.9. The van der Waals surface area contributed by atoms with Crippen molar-refractivity contribution in [2.45, 2.75) is 46.1 Å². The minimum absolute atomic E-state index is 0.377. The van der Waals surface area contributed by atoms with E-state index in [-0.39, 0.29) is 0 Å². The second-order valence-corrected chi connectivity index (χ2v) is 6.13. The fraction of sp³-hybridized carbons (Fsp3) is 0.929. The van der Waals surface area contributed by atoms with Gasteiger partial charge in [-0.2, -0.15) is 0 Å². The third-order valence-electron chi connectivity index (χ3n) is 3.51. The van der Waals surface area contributed by atoms with Gasteiger partial charge in [-0.3, -0.25) is 9.69 Å². The van der Waals surface area contributed by atoms with Crippen LogP contribution in [0.5, 0.6) is 0 Å². The number of carboxylic acid groups (broad SMARTS) is 1. The molecule has 0 spiro atoms. The molecule has 1 N–H and O–H groups in total. The fourth-order valence-corrected chi connectivity index (χ4v) is 2.99. The molecule has 1 aliphatic rings. The lowest BCUT2D eigenvalue weighted by Crippen LogP contribution is -2.59. The second kappa shape index (κ2) is 6.53. The van der Waals surface area contributed by atoms with Gasteiger partial charge in [0.25, 0.3) is 0 Å². The van der Waals surface area contributed by atoms with E-state index in [1.807, 2.05) is 0 Å². The highest BCUT2D eigenvalue weighted by atomic mass is 16.5. The zero-order valence-electron chi connectivity index (χ0n) is 12.1. The maximum absolute atomic E-state index is 11.9. The number of nitrogens with zero attached hydrogens (tertiary/aromatic N) is 1. The first-order chi connectivity index (χ1) is 8.38. The number of ether oxygens (including phenoxy) is 1.